The van der Waals surface area contributed by atoms with Crippen LogP contribution >= 0.6 is 0 Å². The monoisotopic (exact) mass is 234 g/mol. The molecule has 1 heterocycles. The van der Waals surface area contributed by atoms with Crippen molar-refractivity contribution in [1.29, 1.82) is 0 Å². The van der Waals surface area contributed by atoms with E-state index in [9.17, 15) is 8.78 Å². The molecule has 0 bridgehead atoms. The largest absolute Gasteiger partial charge is 0.366 e. The van der Waals surface area contributed by atoms with E-state index in [-0.39, 0.29) is 12.1 Å². The molecule has 0 spiro atoms. The molecule has 0 amide bonds. The van der Waals surface area contributed by atoms with Gasteiger partial charge in [0, 0.05) is 18.3 Å². The first-order valence-electron chi connectivity index (χ1n) is 5.25. The molecule has 1 N–H and O–H groups in total. The number of nitrogens with zero attached hydrogens (tertiary/aromatic N) is 1. The summed E-state index contributed by atoms with van der Waals surface area (Å²) in [4.78, 5) is 4.12. The first-order valence-corrected chi connectivity index (χ1v) is 5.25. The van der Waals surface area contributed by atoms with Crippen molar-refractivity contribution in [1.82, 2.24) is 4.98 Å². The number of nitrogens with one attached hydrogen (secondary N) is 1. The highest BCUT2D eigenvalue weighted by molar-refractivity contribution is 5.36. The lowest BCUT2D eigenvalue weighted by Gasteiger charge is -2.06. The van der Waals surface area contributed by atoms with Crippen LogP contribution in [0.1, 0.15) is 11.1 Å². The van der Waals surface area contributed by atoms with Crippen LogP contribution in [0.5, 0.6) is 0 Å². The van der Waals surface area contributed by atoms with Crippen LogP contribution in [0, 0.1) is 18.6 Å². The molecule has 0 radical (unpaired) electrons. The lowest BCUT2D eigenvalue weighted by molar-refractivity contribution is 0.587. The summed E-state index contributed by atoms with van der Waals surface area (Å²) in [5.74, 6) is -0.231. The van der Waals surface area contributed by atoms with Gasteiger partial charge in [-0.2, -0.15) is 0 Å². The quantitative estimate of drug-likeness (QED) is 0.881. The minimum atomic E-state index is -0.444. The van der Waals surface area contributed by atoms with Gasteiger partial charge in [0.15, 0.2) is 0 Å². The van der Waals surface area contributed by atoms with Crippen LogP contribution in [0.3, 0.4) is 0 Å². The SMILES string of the molecule is Cc1ccc(NCc2cc(F)ccc2F)nc1. The van der Waals surface area contributed by atoms with Crippen LogP contribution in [-0.2, 0) is 6.54 Å². The third kappa shape index (κ3) is 3.00. The second-order valence-electron chi connectivity index (χ2n) is 3.81. The maximum atomic E-state index is 13.3. The van der Waals surface area contributed by atoms with E-state index in [2.05, 4.69) is 10.3 Å². The molecule has 4 heteroatoms. The van der Waals surface area contributed by atoms with Crippen LogP contribution in [0.4, 0.5) is 14.6 Å². The molecular formula is C13H12F2N2. The molecule has 2 aromatic rings. The number of aromatic nitrogens is 1. The molecule has 2 nitrogen and oxygen atoms in total. The first kappa shape index (κ1) is 11.5. The van der Waals surface area contributed by atoms with E-state index in [1.54, 1.807) is 12.3 Å². The Labute approximate surface area is 98.3 Å². The number of rotatable bonds is 3. The van der Waals surface area contributed by atoms with Crippen LogP contribution in [0.2, 0.25) is 0 Å². The van der Waals surface area contributed by atoms with Crippen molar-refractivity contribution in [3.05, 3.63) is 59.3 Å². The van der Waals surface area contributed by atoms with Crippen molar-refractivity contribution in [2.75, 3.05) is 5.32 Å². The normalized spacial score (nSPS) is 10.3. The summed E-state index contributed by atoms with van der Waals surface area (Å²) in [6, 6.07) is 7.10. The first-order chi connectivity index (χ1) is 8.15. The highest BCUT2D eigenvalue weighted by Gasteiger charge is 2.03. The highest BCUT2D eigenvalue weighted by atomic mass is 19.1. The zero-order valence-electron chi connectivity index (χ0n) is 9.37. The summed E-state index contributed by atoms with van der Waals surface area (Å²) >= 11 is 0. The van der Waals surface area contributed by atoms with Gasteiger partial charge in [-0.1, -0.05) is 6.07 Å². The Balaban J connectivity index is 2.07. The van der Waals surface area contributed by atoms with Gasteiger partial charge < -0.3 is 5.32 Å². The lowest BCUT2D eigenvalue weighted by Crippen LogP contribution is -2.03. The fourth-order valence-electron chi connectivity index (χ4n) is 1.44. The Bertz CT molecular complexity index is 509. The summed E-state index contributed by atoms with van der Waals surface area (Å²) in [6.07, 6.45) is 1.71. The second-order valence-corrected chi connectivity index (χ2v) is 3.81. The van der Waals surface area contributed by atoms with Crippen molar-refractivity contribution >= 4 is 5.82 Å². The number of halogens is 2. The summed E-state index contributed by atoms with van der Waals surface area (Å²) < 4.78 is 26.2. The number of anilines is 1. The van der Waals surface area contributed by atoms with Crippen molar-refractivity contribution in [3.63, 3.8) is 0 Å². The molecule has 2 rings (SSSR count). The van der Waals surface area contributed by atoms with E-state index in [4.69, 9.17) is 0 Å². The van der Waals surface area contributed by atoms with Gasteiger partial charge in [0.2, 0.25) is 0 Å². The van der Waals surface area contributed by atoms with Crippen LogP contribution in [0.15, 0.2) is 36.5 Å². The Morgan fingerprint density at radius 2 is 2.00 bits per heavy atom. The molecule has 0 fully saturated rings. The van der Waals surface area contributed by atoms with Crippen molar-refractivity contribution in [3.8, 4) is 0 Å². The molecule has 17 heavy (non-hydrogen) atoms. The Hall–Kier alpha value is -1.97. The van der Waals surface area contributed by atoms with Crippen LogP contribution in [0.25, 0.3) is 0 Å². The molecule has 0 aliphatic rings. The lowest BCUT2D eigenvalue weighted by atomic mass is 10.2. The van der Waals surface area contributed by atoms with Gasteiger partial charge in [-0.15, -0.1) is 0 Å². The third-order valence-corrected chi connectivity index (χ3v) is 2.38. The summed E-state index contributed by atoms with van der Waals surface area (Å²) in [5.41, 5.74) is 1.33. The minimum absolute atomic E-state index is 0.208. The average Bonchev–Trinajstić information content (AvgIpc) is 2.32. The molecule has 1 aromatic carbocycles. The molecule has 1 aromatic heterocycles. The zero-order chi connectivity index (χ0) is 12.3. The van der Waals surface area contributed by atoms with E-state index in [1.165, 1.54) is 6.07 Å². The predicted octanol–water partition coefficient (Wildman–Crippen LogP) is 3.28. The molecule has 0 atom stereocenters. The highest BCUT2D eigenvalue weighted by Crippen LogP contribution is 2.12. The number of benzene rings is 1. The topological polar surface area (TPSA) is 24.9 Å². The summed E-state index contributed by atoms with van der Waals surface area (Å²) in [6.45, 7) is 2.14. The number of pyridine rings is 1. The smallest absolute Gasteiger partial charge is 0.128 e. The molecule has 0 aliphatic carbocycles. The van der Waals surface area contributed by atoms with Crippen LogP contribution in [-0.4, -0.2) is 4.98 Å². The molecule has 0 saturated heterocycles. The van der Waals surface area contributed by atoms with Gasteiger partial charge in [-0.3, -0.25) is 0 Å². The zero-order valence-corrected chi connectivity index (χ0v) is 9.37. The Morgan fingerprint density at radius 1 is 1.18 bits per heavy atom. The third-order valence-electron chi connectivity index (χ3n) is 2.38. The van der Waals surface area contributed by atoms with Crippen LogP contribution < -0.4 is 5.32 Å². The van der Waals surface area contributed by atoms with E-state index in [0.717, 1.165) is 17.7 Å². The van der Waals surface area contributed by atoms with E-state index in [1.807, 2.05) is 13.0 Å². The van der Waals surface area contributed by atoms with Gasteiger partial charge in [-0.05, 0) is 36.8 Å². The average molecular weight is 234 g/mol. The standard InChI is InChI=1S/C13H12F2N2/c1-9-2-5-13(16-7-9)17-8-10-6-11(14)3-4-12(10)15/h2-7H,8H2,1H3,(H,16,17). The predicted molar refractivity (Wildman–Crippen MR) is 62.7 cm³/mol. The maximum Gasteiger partial charge on any atom is 0.128 e. The fraction of sp³-hybridized carbons (Fsp3) is 0.154. The minimum Gasteiger partial charge on any atom is -0.366 e. The number of hydrogen-bond donors (Lipinski definition) is 1. The molecular weight excluding hydrogens is 222 g/mol. The molecule has 0 unspecified atom stereocenters. The number of hydrogen-bond acceptors (Lipinski definition) is 2. The number of aryl methyl sites for hydroxylation is 1. The van der Waals surface area contributed by atoms with E-state index < -0.39 is 11.6 Å². The maximum absolute atomic E-state index is 13.3. The Morgan fingerprint density at radius 3 is 2.71 bits per heavy atom. The van der Waals surface area contributed by atoms with Gasteiger partial charge in [0.05, 0.1) is 0 Å². The van der Waals surface area contributed by atoms with Gasteiger partial charge in [0.25, 0.3) is 0 Å². The van der Waals surface area contributed by atoms with E-state index >= 15 is 0 Å². The van der Waals surface area contributed by atoms with Crippen molar-refractivity contribution in [2.24, 2.45) is 0 Å². The summed E-state index contributed by atoms with van der Waals surface area (Å²) in [5, 5.41) is 2.94. The summed E-state index contributed by atoms with van der Waals surface area (Å²) in [7, 11) is 0. The molecule has 0 aliphatic heterocycles. The molecule has 88 valence electrons. The van der Waals surface area contributed by atoms with E-state index in [0.29, 0.717) is 5.82 Å². The van der Waals surface area contributed by atoms with Gasteiger partial charge >= 0.3 is 0 Å². The Kier molecular flexibility index (Phi) is 3.32. The second kappa shape index (κ2) is 4.91. The van der Waals surface area contributed by atoms with Crippen molar-refractivity contribution < 1.29 is 8.78 Å². The van der Waals surface area contributed by atoms with Gasteiger partial charge in [0.1, 0.15) is 17.5 Å². The van der Waals surface area contributed by atoms with Gasteiger partial charge in [-0.25, -0.2) is 13.8 Å². The molecule has 0 saturated carbocycles. The van der Waals surface area contributed by atoms with Crippen molar-refractivity contribution in [2.45, 2.75) is 13.5 Å². The fourth-order valence-corrected chi connectivity index (χ4v) is 1.44.